The minimum absolute atomic E-state index is 0.125. The Labute approximate surface area is 98.4 Å². The summed E-state index contributed by atoms with van der Waals surface area (Å²) in [6.07, 6.45) is 5.12. The summed E-state index contributed by atoms with van der Waals surface area (Å²) in [5.41, 5.74) is 9.40. The highest BCUT2D eigenvalue weighted by molar-refractivity contribution is 7.08. The highest BCUT2D eigenvalue weighted by atomic mass is 32.1. The van der Waals surface area contributed by atoms with Crippen LogP contribution in [0.2, 0.25) is 0 Å². The van der Waals surface area contributed by atoms with E-state index in [0.717, 1.165) is 41.9 Å². The maximum atomic E-state index is 6.04. The van der Waals surface area contributed by atoms with Crippen molar-refractivity contribution in [2.24, 2.45) is 5.73 Å². The number of hydrogen-bond donors (Lipinski definition) is 1. The highest BCUT2D eigenvalue weighted by Crippen LogP contribution is 2.28. The van der Waals surface area contributed by atoms with Crippen LogP contribution in [0.3, 0.4) is 0 Å². The lowest BCUT2D eigenvalue weighted by molar-refractivity contribution is 0.557. The van der Waals surface area contributed by atoms with E-state index in [4.69, 9.17) is 5.73 Å². The average molecular weight is 231 g/mol. The van der Waals surface area contributed by atoms with E-state index in [2.05, 4.69) is 21.4 Å². The third kappa shape index (κ3) is 1.64. The molecule has 0 aromatic carbocycles. The fourth-order valence-electron chi connectivity index (χ4n) is 2.11. The van der Waals surface area contributed by atoms with Crippen molar-refractivity contribution < 1.29 is 0 Å². The van der Waals surface area contributed by atoms with Gasteiger partial charge in [0.05, 0.1) is 0 Å². The number of rotatable bonds is 1. The van der Waals surface area contributed by atoms with Crippen LogP contribution in [0.4, 0.5) is 0 Å². The van der Waals surface area contributed by atoms with Gasteiger partial charge in [-0.3, -0.25) is 0 Å². The molecular formula is C12H13N3S. The molecule has 2 aromatic rings. The van der Waals surface area contributed by atoms with Crippen molar-refractivity contribution in [3.63, 3.8) is 0 Å². The van der Waals surface area contributed by atoms with Gasteiger partial charge in [0.1, 0.15) is 0 Å². The van der Waals surface area contributed by atoms with Crippen LogP contribution in [-0.2, 0) is 6.42 Å². The van der Waals surface area contributed by atoms with Gasteiger partial charge < -0.3 is 5.73 Å². The second kappa shape index (κ2) is 3.96. The summed E-state index contributed by atoms with van der Waals surface area (Å²) in [6, 6.07) is 2.18. The molecule has 4 heteroatoms. The lowest BCUT2D eigenvalue weighted by atomic mass is 9.93. The van der Waals surface area contributed by atoms with Crippen LogP contribution in [0.25, 0.3) is 11.4 Å². The summed E-state index contributed by atoms with van der Waals surface area (Å²) in [7, 11) is 0. The average Bonchev–Trinajstić information content (AvgIpc) is 2.82. The van der Waals surface area contributed by atoms with Gasteiger partial charge in [0.2, 0.25) is 0 Å². The van der Waals surface area contributed by atoms with Gasteiger partial charge in [0, 0.05) is 34.4 Å². The molecule has 2 N–H and O–H groups in total. The molecule has 0 aliphatic heterocycles. The van der Waals surface area contributed by atoms with Gasteiger partial charge in [-0.15, -0.1) is 0 Å². The molecule has 16 heavy (non-hydrogen) atoms. The number of aromatic nitrogens is 2. The lowest BCUT2D eigenvalue weighted by Gasteiger charge is -2.20. The molecule has 1 aliphatic rings. The summed E-state index contributed by atoms with van der Waals surface area (Å²) < 4.78 is 0. The maximum absolute atomic E-state index is 6.04. The Morgan fingerprint density at radius 2 is 2.38 bits per heavy atom. The molecule has 2 aromatic heterocycles. The third-order valence-corrected chi connectivity index (χ3v) is 3.69. The Hall–Kier alpha value is -1.26. The first kappa shape index (κ1) is 9.93. The zero-order chi connectivity index (χ0) is 11.0. The van der Waals surface area contributed by atoms with Crippen LogP contribution in [0.1, 0.15) is 30.1 Å². The SMILES string of the molecule is NC1CCCc2nc(-c3ccsc3)ncc21. The van der Waals surface area contributed by atoms with Crippen LogP contribution < -0.4 is 5.73 Å². The zero-order valence-electron chi connectivity index (χ0n) is 8.89. The first-order chi connectivity index (χ1) is 7.84. The van der Waals surface area contributed by atoms with E-state index >= 15 is 0 Å². The molecule has 2 heterocycles. The van der Waals surface area contributed by atoms with Gasteiger partial charge in [-0.05, 0) is 30.7 Å². The first-order valence-electron chi connectivity index (χ1n) is 5.48. The number of thiophene rings is 1. The molecule has 0 fully saturated rings. The Morgan fingerprint density at radius 3 is 3.19 bits per heavy atom. The number of nitrogens with zero attached hydrogens (tertiary/aromatic N) is 2. The Morgan fingerprint density at radius 1 is 1.44 bits per heavy atom. The molecule has 1 atom stereocenters. The molecule has 0 saturated heterocycles. The zero-order valence-corrected chi connectivity index (χ0v) is 9.70. The lowest BCUT2D eigenvalue weighted by Crippen LogP contribution is -2.19. The fraction of sp³-hybridized carbons (Fsp3) is 0.333. The number of aryl methyl sites for hydroxylation is 1. The van der Waals surface area contributed by atoms with E-state index in [-0.39, 0.29) is 6.04 Å². The maximum Gasteiger partial charge on any atom is 0.160 e. The smallest absolute Gasteiger partial charge is 0.160 e. The van der Waals surface area contributed by atoms with E-state index in [0.29, 0.717) is 0 Å². The molecule has 82 valence electrons. The Kier molecular flexibility index (Phi) is 2.46. The second-order valence-electron chi connectivity index (χ2n) is 4.11. The molecule has 0 bridgehead atoms. The number of nitrogens with two attached hydrogens (primary N) is 1. The highest BCUT2D eigenvalue weighted by Gasteiger charge is 2.19. The molecule has 0 saturated carbocycles. The predicted octanol–water partition coefficient (Wildman–Crippen LogP) is 2.54. The van der Waals surface area contributed by atoms with Crippen LogP contribution >= 0.6 is 11.3 Å². The minimum Gasteiger partial charge on any atom is -0.324 e. The Balaban J connectivity index is 2.05. The summed E-state index contributed by atoms with van der Waals surface area (Å²) in [6.45, 7) is 0. The standard InChI is InChI=1S/C12H13N3S/c13-10-2-1-3-11-9(10)6-14-12(15-11)8-4-5-16-7-8/h4-7,10H,1-3,13H2. The van der Waals surface area contributed by atoms with Crippen molar-refractivity contribution >= 4 is 11.3 Å². The van der Waals surface area contributed by atoms with E-state index in [1.807, 2.05) is 11.6 Å². The van der Waals surface area contributed by atoms with Crippen molar-refractivity contribution in [1.82, 2.24) is 9.97 Å². The van der Waals surface area contributed by atoms with E-state index < -0.39 is 0 Å². The normalized spacial score (nSPS) is 19.4. The quantitative estimate of drug-likeness (QED) is 0.820. The van der Waals surface area contributed by atoms with Gasteiger partial charge in [0.15, 0.2) is 5.82 Å². The van der Waals surface area contributed by atoms with Crippen molar-refractivity contribution in [3.8, 4) is 11.4 Å². The van der Waals surface area contributed by atoms with Gasteiger partial charge in [0.25, 0.3) is 0 Å². The number of hydrogen-bond acceptors (Lipinski definition) is 4. The summed E-state index contributed by atoms with van der Waals surface area (Å²) in [5, 5.41) is 4.12. The molecule has 1 aliphatic carbocycles. The van der Waals surface area contributed by atoms with E-state index in [1.165, 1.54) is 0 Å². The van der Waals surface area contributed by atoms with Crippen LogP contribution in [0.5, 0.6) is 0 Å². The molecule has 1 unspecified atom stereocenters. The topological polar surface area (TPSA) is 51.8 Å². The molecule has 0 spiro atoms. The van der Waals surface area contributed by atoms with Crippen molar-refractivity contribution in [2.45, 2.75) is 25.3 Å². The second-order valence-corrected chi connectivity index (χ2v) is 4.89. The number of fused-ring (bicyclic) bond motifs is 1. The molecular weight excluding hydrogens is 218 g/mol. The minimum atomic E-state index is 0.125. The molecule has 0 radical (unpaired) electrons. The van der Waals surface area contributed by atoms with Gasteiger partial charge >= 0.3 is 0 Å². The van der Waals surface area contributed by atoms with E-state index in [1.54, 1.807) is 11.3 Å². The summed E-state index contributed by atoms with van der Waals surface area (Å²) in [4.78, 5) is 9.02. The van der Waals surface area contributed by atoms with Crippen LogP contribution in [0.15, 0.2) is 23.0 Å². The third-order valence-electron chi connectivity index (χ3n) is 3.01. The Bertz CT molecular complexity index is 493. The fourth-order valence-corrected chi connectivity index (χ4v) is 2.75. The predicted molar refractivity (Wildman–Crippen MR) is 65.2 cm³/mol. The van der Waals surface area contributed by atoms with Gasteiger partial charge in [-0.1, -0.05) is 0 Å². The van der Waals surface area contributed by atoms with Crippen LogP contribution in [-0.4, -0.2) is 9.97 Å². The van der Waals surface area contributed by atoms with Crippen LogP contribution in [0, 0.1) is 0 Å². The van der Waals surface area contributed by atoms with Crippen molar-refractivity contribution in [1.29, 1.82) is 0 Å². The molecule has 3 nitrogen and oxygen atoms in total. The van der Waals surface area contributed by atoms with Crippen molar-refractivity contribution in [3.05, 3.63) is 34.3 Å². The van der Waals surface area contributed by atoms with Crippen molar-refractivity contribution in [2.75, 3.05) is 0 Å². The first-order valence-corrected chi connectivity index (χ1v) is 6.43. The van der Waals surface area contributed by atoms with Gasteiger partial charge in [-0.2, -0.15) is 11.3 Å². The van der Waals surface area contributed by atoms with Gasteiger partial charge in [-0.25, -0.2) is 9.97 Å². The molecule has 0 amide bonds. The summed E-state index contributed by atoms with van der Waals surface area (Å²) in [5.74, 6) is 0.828. The largest absolute Gasteiger partial charge is 0.324 e. The summed E-state index contributed by atoms with van der Waals surface area (Å²) >= 11 is 1.67. The van der Waals surface area contributed by atoms with E-state index in [9.17, 15) is 0 Å². The monoisotopic (exact) mass is 231 g/mol. The molecule has 3 rings (SSSR count).